The zero-order valence-corrected chi connectivity index (χ0v) is 63.5. The maximum Gasteiger partial charge on any atom is 0.227 e. The molecule has 20 aromatic rings. The number of furan rings is 5. The van der Waals surface area contributed by atoms with Crippen LogP contribution in [0.1, 0.15) is 127 Å². The largest absolute Gasteiger partial charge is 0.455 e. The van der Waals surface area contributed by atoms with Crippen molar-refractivity contribution >= 4 is 110 Å². The lowest BCUT2D eigenvalue weighted by atomic mass is 9.98. The average molecular weight is 1440 g/mol. The van der Waals surface area contributed by atoms with Crippen LogP contribution >= 0.6 is 0 Å². The zero-order chi connectivity index (χ0) is 75.5. The number of rotatable bonds is 10. The molecule has 0 saturated carbocycles. The molecule has 0 spiro atoms. The third kappa shape index (κ3) is 14.3. The average Bonchev–Trinajstić information content (AvgIpc) is 1.64. The molecule has 0 unspecified atom stereocenters. The van der Waals surface area contributed by atoms with Crippen molar-refractivity contribution in [2.24, 2.45) is 0 Å². The second-order valence-electron chi connectivity index (χ2n) is 29.6. The van der Waals surface area contributed by atoms with Gasteiger partial charge in [-0.05, 0) is 146 Å². The van der Waals surface area contributed by atoms with Gasteiger partial charge < -0.3 is 22.1 Å². The molecule has 0 atom stereocenters. The summed E-state index contributed by atoms with van der Waals surface area (Å²) < 4.78 is 30.2. The highest BCUT2D eigenvalue weighted by Crippen LogP contribution is 2.42. The van der Waals surface area contributed by atoms with E-state index in [-0.39, 0.29) is 0 Å². The highest BCUT2D eigenvalue weighted by Gasteiger charge is 2.19. The second kappa shape index (κ2) is 31.0. The third-order valence-electron chi connectivity index (χ3n) is 20.8. The summed E-state index contributed by atoms with van der Waals surface area (Å²) in [6.07, 6.45) is 12.6. The number of nitrogens with zero attached hydrogens (tertiary/aromatic N) is 5. The van der Waals surface area contributed by atoms with Crippen LogP contribution in [0, 0.1) is 0 Å². The van der Waals surface area contributed by atoms with Crippen LogP contribution in [0.2, 0.25) is 0 Å². The Morgan fingerprint density at radius 2 is 0.564 bits per heavy atom. The minimum Gasteiger partial charge on any atom is -0.455 e. The van der Waals surface area contributed by atoms with Gasteiger partial charge in [-0.1, -0.05) is 269 Å². The van der Waals surface area contributed by atoms with Gasteiger partial charge in [0, 0.05) is 108 Å². The van der Waals surface area contributed by atoms with Crippen LogP contribution in [0.15, 0.2) is 326 Å². The molecule has 10 heterocycles. The van der Waals surface area contributed by atoms with Crippen molar-refractivity contribution in [3.8, 4) is 55.6 Å². The van der Waals surface area contributed by atoms with Gasteiger partial charge >= 0.3 is 0 Å². The van der Waals surface area contributed by atoms with E-state index in [0.717, 1.165) is 138 Å². The van der Waals surface area contributed by atoms with Crippen LogP contribution in [0.3, 0.4) is 0 Å². The van der Waals surface area contributed by atoms with Gasteiger partial charge in [0.2, 0.25) is 5.71 Å². The molecule has 20 rings (SSSR count). The van der Waals surface area contributed by atoms with Crippen LogP contribution in [-0.4, -0.2) is 24.9 Å². The first-order valence-corrected chi connectivity index (χ1v) is 38.0. The van der Waals surface area contributed by atoms with Crippen molar-refractivity contribution in [2.45, 2.75) is 98.8 Å². The van der Waals surface area contributed by atoms with Gasteiger partial charge in [0.15, 0.2) is 16.7 Å². The number of fused-ring (bicyclic) bond motifs is 15. The van der Waals surface area contributed by atoms with E-state index in [9.17, 15) is 0 Å². The molecule has 10 heteroatoms. The summed E-state index contributed by atoms with van der Waals surface area (Å²) in [6.45, 7) is 22.1. The van der Waals surface area contributed by atoms with Crippen LogP contribution < -0.4 is 0 Å². The molecule has 0 bridgehead atoms. The topological polar surface area (TPSA) is 130 Å². The minimum atomic E-state index is 0.540. The van der Waals surface area contributed by atoms with Crippen molar-refractivity contribution in [3.63, 3.8) is 0 Å². The van der Waals surface area contributed by atoms with Gasteiger partial charge in [-0.25, -0.2) is 4.98 Å². The molecule has 0 aliphatic carbocycles. The fourth-order valence-corrected chi connectivity index (χ4v) is 14.5. The van der Waals surface area contributed by atoms with Crippen molar-refractivity contribution in [3.05, 3.63) is 332 Å². The van der Waals surface area contributed by atoms with Gasteiger partial charge in [-0.3, -0.25) is 19.9 Å². The highest BCUT2D eigenvalue weighted by atomic mass is 16.3. The van der Waals surface area contributed by atoms with E-state index in [4.69, 9.17) is 22.1 Å². The Labute approximate surface area is 639 Å². The molecule has 10 aromatic carbocycles. The Morgan fingerprint density at radius 3 is 1.08 bits per heavy atom. The Bertz CT molecular complexity index is 5680. The Balaban J connectivity index is 0.000000104. The zero-order valence-electron chi connectivity index (χ0n) is 63.5. The lowest BCUT2D eigenvalue weighted by molar-refractivity contribution is 0.655. The van der Waals surface area contributed by atoms with E-state index in [0.29, 0.717) is 35.3 Å². The molecule has 10 nitrogen and oxygen atoms in total. The predicted octanol–water partition coefficient (Wildman–Crippen LogP) is 28.9. The van der Waals surface area contributed by atoms with Crippen LogP contribution in [-0.2, 0) is 0 Å². The van der Waals surface area contributed by atoms with Crippen LogP contribution in [0.5, 0.6) is 0 Å². The van der Waals surface area contributed by atoms with E-state index in [1.54, 1.807) is 31.0 Å². The lowest BCUT2D eigenvalue weighted by Gasteiger charge is -2.07. The van der Waals surface area contributed by atoms with Crippen molar-refractivity contribution in [1.29, 1.82) is 0 Å². The molecule has 0 radical (unpaired) electrons. The summed E-state index contributed by atoms with van der Waals surface area (Å²) >= 11 is 0. The molecule has 0 N–H and O–H groups in total. The fourth-order valence-electron chi connectivity index (χ4n) is 14.5. The number of aromatic nitrogens is 5. The first-order valence-electron chi connectivity index (χ1n) is 38.0. The summed E-state index contributed by atoms with van der Waals surface area (Å²) in [4.78, 5) is 21.6. The molecular formula is C100H85N5O5. The smallest absolute Gasteiger partial charge is 0.227 e. The van der Waals surface area contributed by atoms with E-state index in [1.165, 1.54) is 50.1 Å². The third-order valence-corrected chi connectivity index (χ3v) is 20.8. The molecule has 540 valence electrons. The molecule has 0 aliphatic heterocycles. The monoisotopic (exact) mass is 1440 g/mol. The number of benzene rings is 10. The van der Waals surface area contributed by atoms with Gasteiger partial charge in [0.1, 0.15) is 44.5 Å². The summed E-state index contributed by atoms with van der Waals surface area (Å²) in [6, 6.07) is 90.6. The lowest BCUT2D eigenvalue weighted by Crippen LogP contribution is -1.87. The van der Waals surface area contributed by atoms with Gasteiger partial charge in [-0.2, -0.15) is 0 Å². The maximum atomic E-state index is 6.08. The second-order valence-corrected chi connectivity index (χ2v) is 29.6. The van der Waals surface area contributed by atoms with E-state index >= 15 is 0 Å². The van der Waals surface area contributed by atoms with Gasteiger partial charge in [0.25, 0.3) is 0 Å². The number of pyridine rings is 5. The summed E-state index contributed by atoms with van der Waals surface area (Å²) in [5, 5.41) is 8.77. The molecule has 110 heavy (non-hydrogen) atoms. The highest BCUT2D eigenvalue weighted by molar-refractivity contribution is 6.12. The fraction of sp³-hybridized carbons (Fsp3) is 0.150. The minimum absolute atomic E-state index is 0.540. The molecule has 0 aliphatic rings. The first kappa shape index (κ1) is 71.2. The van der Waals surface area contributed by atoms with Gasteiger partial charge in [0.05, 0.1) is 6.20 Å². The number of para-hydroxylation sites is 5. The van der Waals surface area contributed by atoms with Gasteiger partial charge in [-0.15, -0.1) is 0 Å². The summed E-state index contributed by atoms with van der Waals surface area (Å²) in [5.41, 5.74) is 28.8. The quantitative estimate of drug-likeness (QED) is 0.130. The molecule has 10 aromatic heterocycles. The maximum absolute atomic E-state index is 6.08. The Morgan fingerprint density at radius 1 is 0.209 bits per heavy atom. The SMILES string of the molecule is CC(C)c1ccc(-c2cccc3c2oc2cccnc23)cc1.CC(C)c1ccc(-c2cccc3c2oc2ccncc23)cc1.CC(C)c1ccc(-c2cccc3c2oc2cnccc23)cc1.CC(C)c1ccc(-c2cccc3c2oc2ncccc23)cc1.CC(C)c1ccc(-c2ccnc3c2oc2ccccc23)cc1. The van der Waals surface area contributed by atoms with E-state index < -0.39 is 0 Å². The van der Waals surface area contributed by atoms with E-state index in [1.807, 2.05) is 67.0 Å². The molecule has 0 fully saturated rings. The summed E-state index contributed by atoms with van der Waals surface area (Å²) in [7, 11) is 0. The normalized spacial score (nSPS) is 11.6. The number of hydrogen-bond donors (Lipinski definition) is 0. The predicted molar refractivity (Wildman–Crippen MR) is 455 cm³/mol. The standard InChI is InChI=1S/5C20H17NO/c1-13(2)14-8-10-15(11-9-14)16-5-3-6-17-19-18(22-20(16)17)7-4-12-21-19;1-13(2)14-8-10-15(11-9-14)16-5-3-6-17-18-7-4-12-21-20(18)22-19(16)17;1-13(2)14-6-8-15(9-7-14)16-4-3-5-18-17-10-11-21-12-19(17)22-20(16)18;1-13(2)14-6-8-15(9-7-14)16-4-3-5-17-18-12-21-11-10-19(18)22-20(16)17;1-13(2)14-7-9-15(10-8-14)16-11-12-21-19-17-5-3-4-6-18(17)22-20(16)19/h5*3-13H,1-2H3. The van der Waals surface area contributed by atoms with Crippen molar-refractivity contribution in [2.75, 3.05) is 0 Å². The molecule has 0 amide bonds. The molecule has 0 saturated heterocycles. The Kier molecular flexibility index (Phi) is 20.1. The molecular weight excluding hydrogens is 1350 g/mol. The van der Waals surface area contributed by atoms with Crippen molar-refractivity contribution < 1.29 is 22.1 Å². The van der Waals surface area contributed by atoms with Crippen LogP contribution in [0.25, 0.3) is 166 Å². The Hall–Kier alpha value is -13.1. The van der Waals surface area contributed by atoms with Crippen molar-refractivity contribution in [1.82, 2.24) is 24.9 Å². The first-order chi connectivity index (χ1) is 53.7. The summed E-state index contributed by atoms with van der Waals surface area (Å²) in [5.74, 6) is 2.71. The van der Waals surface area contributed by atoms with Crippen LogP contribution in [0.4, 0.5) is 0 Å². The van der Waals surface area contributed by atoms with E-state index in [2.05, 4.69) is 300 Å². The number of hydrogen-bond acceptors (Lipinski definition) is 10.